The van der Waals surface area contributed by atoms with E-state index in [9.17, 15) is 58.2 Å². The van der Waals surface area contributed by atoms with Crippen LogP contribution >= 0.6 is 0 Å². The van der Waals surface area contributed by atoms with Gasteiger partial charge in [-0.1, -0.05) is 0 Å². The number of aromatic amines is 1. The van der Waals surface area contributed by atoms with Crippen LogP contribution < -0.4 is 43.2 Å². The number of aliphatic carboxylic acids is 4. The Morgan fingerprint density at radius 1 is 0.732 bits per heavy atom. The molecule has 3 rings (SSSR count). The molecule has 5 amide bonds. The van der Waals surface area contributed by atoms with Crippen molar-refractivity contribution in [2.75, 3.05) is 24.1 Å². The number of anilines is 2. The summed E-state index contributed by atoms with van der Waals surface area (Å²) in [5, 5.41) is 49.8. The molecule has 298 valence electrons. The van der Waals surface area contributed by atoms with Crippen LogP contribution in [0.2, 0.25) is 0 Å². The van der Waals surface area contributed by atoms with Crippen LogP contribution in [0.3, 0.4) is 0 Å². The van der Waals surface area contributed by atoms with Gasteiger partial charge in [0.2, 0.25) is 29.6 Å². The molecule has 13 N–H and O–H groups in total. The fourth-order valence-electron chi connectivity index (χ4n) is 4.62. The number of carboxylic acid groups (broad SMARTS) is 4. The number of nitrogens with zero attached hydrogens (tertiary/aromatic N) is 3. The van der Waals surface area contributed by atoms with Gasteiger partial charge in [-0.25, -0.2) is 14.8 Å². The molecule has 0 fully saturated rings. The summed E-state index contributed by atoms with van der Waals surface area (Å²) in [6.45, 7) is -1.68. The summed E-state index contributed by atoms with van der Waals surface area (Å²) in [7, 11) is 0. The van der Waals surface area contributed by atoms with Crippen molar-refractivity contribution in [2.45, 2.75) is 50.4 Å². The van der Waals surface area contributed by atoms with Crippen molar-refractivity contribution in [1.29, 1.82) is 0 Å². The monoisotopic (exact) mass is 785 g/mol. The van der Waals surface area contributed by atoms with E-state index in [1.807, 2.05) is 16.0 Å². The van der Waals surface area contributed by atoms with E-state index in [1.54, 1.807) is 0 Å². The molecule has 0 bridgehead atoms. The Balaban J connectivity index is 1.52. The lowest BCUT2D eigenvalue weighted by Gasteiger charge is -2.19. The van der Waals surface area contributed by atoms with Crippen LogP contribution in [0.4, 0.5) is 11.6 Å². The van der Waals surface area contributed by atoms with E-state index in [0.717, 1.165) is 0 Å². The number of amides is 5. The van der Waals surface area contributed by atoms with Crippen molar-refractivity contribution in [1.82, 2.24) is 46.5 Å². The summed E-state index contributed by atoms with van der Waals surface area (Å²) < 4.78 is 0. The first-order valence-electron chi connectivity index (χ1n) is 16.1. The molecule has 3 aromatic rings. The zero-order chi connectivity index (χ0) is 41.5. The second kappa shape index (κ2) is 19.9. The molecule has 0 spiro atoms. The van der Waals surface area contributed by atoms with E-state index in [1.165, 1.54) is 30.5 Å². The number of carbonyl (C=O) groups is 9. The van der Waals surface area contributed by atoms with Gasteiger partial charge < -0.3 is 58.1 Å². The van der Waals surface area contributed by atoms with E-state index in [4.69, 9.17) is 15.9 Å². The molecule has 0 unspecified atom stereocenters. The highest BCUT2D eigenvalue weighted by molar-refractivity contribution is 5.97. The number of rotatable bonds is 21. The summed E-state index contributed by atoms with van der Waals surface area (Å²) in [6.07, 6.45) is -1.65. The standard InChI is InChI=1S/C31H35N11O14/c32-31-41-25-24(29(54)42-31)37-15(10-34-25)9-33-14-3-1-13(2-4-14)26(51)40-16(30(55)56)5-6-19(43)38-17(7-21(45)46)27(52)35-11-20(44)39-18(8-22(47)48)28(53)36-12-23(49)50/h1-4,10,16-18,33H,5-9,11-12H2,(H,35,52)(H,36,53)(H,38,43)(H,39,44)(H,40,51)(H,45,46)(H,47,48)(H,49,50)(H,55,56)(H3,32,34,41,42,54)/t16-,17-,18-/m0/s1. The van der Waals surface area contributed by atoms with Crippen LogP contribution in [0.25, 0.3) is 11.2 Å². The fourth-order valence-corrected chi connectivity index (χ4v) is 4.62. The van der Waals surface area contributed by atoms with Crippen LogP contribution in [0, 0.1) is 0 Å². The number of carboxylic acids is 4. The summed E-state index contributed by atoms with van der Waals surface area (Å²) in [5.41, 5.74) is 5.93. The number of nitrogens with one attached hydrogen (secondary N) is 7. The van der Waals surface area contributed by atoms with Gasteiger partial charge in [0, 0.05) is 17.7 Å². The average Bonchev–Trinajstić information content (AvgIpc) is 3.12. The highest BCUT2D eigenvalue weighted by Crippen LogP contribution is 2.12. The first-order chi connectivity index (χ1) is 26.4. The van der Waals surface area contributed by atoms with Gasteiger partial charge in [0.25, 0.3) is 11.5 Å². The van der Waals surface area contributed by atoms with Crippen LogP contribution in [-0.2, 0) is 44.9 Å². The van der Waals surface area contributed by atoms with Gasteiger partial charge in [-0.3, -0.25) is 48.1 Å². The van der Waals surface area contributed by atoms with Crippen molar-refractivity contribution in [3.05, 3.63) is 52.1 Å². The maximum atomic E-state index is 12.8. The van der Waals surface area contributed by atoms with Crippen LogP contribution in [0.15, 0.2) is 35.3 Å². The average molecular weight is 786 g/mol. The number of hydrogen-bond acceptors (Lipinski definition) is 15. The molecule has 0 aliphatic heterocycles. The molecular formula is C31H35N11O14. The largest absolute Gasteiger partial charge is 0.481 e. The van der Waals surface area contributed by atoms with E-state index in [-0.39, 0.29) is 29.2 Å². The van der Waals surface area contributed by atoms with Gasteiger partial charge in [-0.2, -0.15) is 4.98 Å². The van der Waals surface area contributed by atoms with E-state index < -0.39 is 116 Å². The quantitative estimate of drug-likeness (QED) is 0.0491. The number of aromatic nitrogens is 4. The van der Waals surface area contributed by atoms with Gasteiger partial charge in [-0.05, 0) is 30.7 Å². The molecule has 0 aliphatic carbocycles. The van der Waals surface area contributed by atoms with Gasteiger partial charge in [-0.15, -0.1) is 0 Å². The molecule has 0 radical (unpaired) electrons. The number of nitrogens with two attached hydrogens (primary N) is 1. The Kier molecular flexibility index (Phi) is 15.2. The Morgan fingerprint density at radius 3 is 1.89 bits per heavy atom. The lowest BCUT2D eigenvalue weighted by molar-refractivity contribution is -0.141. The minimum Gasteiger partial charge on any atom is -0.481 e. The van der Waals surface area contributed by atoms with Crippen LogP contribution in [-0.4, -0.2) is 125 Å². The third-order valence-corrected chi connectivity index (χ3v) is 7.27. The molecule has 3 atom stereocenters. The number of hydrogen-bond donors (Lipinski definition) is 12. The Hall–Kier alpha value is -7.73. The molecular weight excluding hydrogens is 750 g/mol. The summed E-state index contributed by atoms with van der Waals surface area (Å²) >= 11 is 0. The Labute approximate surface area is 312 Å². The predicted octanol–water partition coefficient (Wildman–Crippen LogP) is -3.89. The van der Waals surface area contributed by atoms with Gasteiger partial charge in [0.05, 0.1) is 37.8 Å². The fraction of sp³-hybridized carbons (Fsp3) is 0.323. The van der Waals surface area contributed by atoms with Crippen molar-refractivity contribution >= 4 is 76.2 Å². The normalized spacial score (nSPS) is 12.2. The first kappa shape index (κ1) is 42.7. The van der Waals surface area contributed by atoms with Crippen molar-refractivity contribution in [3.63, 3.8) is 0 Å². The zero-order valence-corrected chi connectivity index (χ0v) is 28.9. The molecule has 25 heteroatoms. The maximum Gasteiger partial charge on any atom is 0.326 e. The van der Waals surface area contributed by atoms with Crippen molar-refractivity contribution < 1.29 is 63.6 Å². The molecule has 0 saturated carbocycles. The van der Waals surface area contributed by atoms with E-state index >= 15 is 0 Å². The minimum atomic E-state index is -1.78. The molecule has 2 heterocycles. The highest BCUT2D eigenvalue weighted by atomic mass is 16.4. The summed E-state index contributed by atoms with van der Waals surface area (Å²) in [5.74, 6) is -11.4. The second-order valence-electron chi connectivity index (χ2n) is 11.6. The molecule has 0 aliphatic rings. The van der Waals surface area contributed by atoms with Gasteiger partial charge in [0.15, 0.2) is 11.2 Å². The third kappa shape index (κ3) is 13.7. The van der Waals surface area contributed by atoms with Gasteiger partial charge in [0.1, 0.15) is 24.7 Å². The van der Waals surface area contributed by atoms with Crippen molar-refractivity contribution in [2.24, 2.45) is 0 Å². The van der Waals surface area contributed by atoms with Crippen LogP contribution in [0.1, 0.15) is 41.7 Å². The minimum absolute atomic E-state index is 0.0167. The summed E-state index contributed by atoms with van der Waals surface area (Å²) in [4.78, 5) is 134. The lowest BCUT2D eigenvalue weighted by atomic mass is 10.1. The third-order valence-electron chi connectivity index (χ3n) is 7.27. The Morgan fingerprint density at radius 2 is 1.32 bits per heavy atom. The van der Waals surface area contributed by atoms with E-state index in [2.05, 4.69) is 35.9 Å². The smallest absolute Gasteiger partial charge is 0.326 e. The first-order valence-corrected chi connectivity index (χ1v) is 16.1. The molecule has 56 heavy (non-hydrogen) atoms. The molecule has 25 nitrogen and oxygen atoms in total. The second-order valence-corrected chi connectivity index (χ2v) is 11.6. The topological polar surface area (TPSA) is 404 Å². The van der Waals surface area contributed by atoms with Gasteiger partial charge >= 0.3 is 23.9 Å². The van der Waals surface area contributed by atoms with Crippen LogP contribution in [0.5, 0.6) is 0 Å². The lowest BCUT2D eigenvalue weighted by Crippen LogP contribution is -2.53. The Bertz CT molecular complexity index is 2070. The SMILES string of the molecule is Nc1nc2ncc(CNc3ccc(C(=O)N[C@@H](CCC(=O)N[C@@H](CC(=O)O)C(=O)NCC(=O)N[C@@H](CC(=O)O)C(=O)NCC(=O)O)C(=O)O)cc3)nc2c(=O)[nH]1. The number of carbonyl (C=O) groups excluding carboxylic acids is 5. The highest BCUT2D eigenvalue weighted by Gasteiger charge is 2.28. The number of nitrogen functional groups attached to an aromatic ring is 1. The molecule has 2 aromatic heterocycles. The molecule has 0 saturated heterocycles. The zero-order valence-electron chi connectivity index (χ0n) is 28.9. The maximum absolute atomic E-state index is 12.8. The molecule has 1 aromatic carbocycles. The van der Waals surface area contributed by atoms with E-state index in [0.29, 0.717) is 11.4 Å². The predicted molar refractivity (Wildman–Crippen MR) is 186 cm³/mol. The number of benzene rings is 1. The van der Waals surface area contributed by atoms with Crippen molar-refractivity contribution in [3.8, 4) is 0 Å². The number of H-pyrrole nitrogens is 1. The summed E-state index contributed by atoms with van der Waals surface area (Å²) in [6, 6.07) is 0.651. The number of fused-ring (bicyclic) bond motifs is 1.